The molecule has 3 heterocycles. The Hall–Kier alpha value is -2.29. The van der Waals surface area contributed by atoms with E-state index in [1.807, 2.05) is 4.68 Å². The Morgan fingerprint density at radius 1 is 1.53 bits per heavy atom. The summed E-state index contributed by atoms with van der Waals surface area (Å²) < 4.78 is 7.11. The molecule has 86 valence electrons. The van der Waals surface area contributed by atoms with E-state index in [9.17, 15) is 0 Å². The van der Waals surface area contributed by atoms with E-state index >= 15 is 0 Å². The molecule has 6 heteroatoms. The largest absolute Gasteiger partial charge is 0.432 e. The summed E-state index contributed by atoms with van der Waals surface area (Å²) in [6, 6.07) is 3.02. The molecule has 1 aliphatic heterocycles. The molecule has 1 fully saturated rings. The molecule has 2 aromatic heterocycles. The quantitative estimate of drug-likeness (QED) is 0.773. The van der Waals surface area contributed by atoms with Crippen LogP contribution in [-0.4, -0.2) is 27.9 Å². The van der Waals surface area contributed by atoms with Gasteiger partial charge in [-0.05, 0) is 6.42 Å². The van der Waals surface area contributed by atoms with Crippen molar-refractivity contribution in [2.24, 2.45) is 0 Å². The van der Waals surface area contributed by atoms with Crippen molar-refractivity contribution in [3.8, 4) is 6.07 Å². The normalized spacial score (nSPS) is 19.5. The molecule has 1 saturated heterocycles. The molecule has 6 nitrogen and oxygen atoms in total. The zero-order valence-corrected chi connectivity index (χ0v) is 9.15. The smallest absolute Gasteiger partial charge is 0.297 e. The van der Waals surface area contributed by atoms with Gasteiger partial charge in [0.15, 0.2) is 0 Å². The van der Waals surface area contributed by atoms with Gasteiger partial charge in [0.05, 0.1) is 24.0 Å². The van der Waals surface area contributed by atoms with E-state index in [0.717, 1.165) is 19.5 Å². The first-order chi connectivity index (χ1) is 8.36. The highest BCUT2D eigenvalue weighted by molar-refractivity contribution is 5.28. The standard InChI is InChI=1S/C11H11N5O/c12-5-9-6-14-16(7-9)10-1-3-15(8-10)11-13-2-4-17-11/h2,4,6-7,10H,1,3,8H2. The first kappa shape index (κ1) is 9.90. The maximum atomic E-state index is 8.76. The predicted octanol–water partition coefficient (Wildman–Crippen LogP) is 1.19. The summed E-state index contributed by atoms with van der Waals surface area (Å²) in [5.74, 6) is 0. The first-order valence-electron chi connectivity index (χ1n) is 5.45. The van der Waals surface area contributed by atoms with Crippen molar-refractivity contribution in [1.29, 1.82) is 5.26 Å². The maximum absolute atomic E-state index is 8.76. The van der Waals surface area contributed by atoms with Crippen molar-refractivity contribution in [3.63, 3.8) is 0 Å². The first-order valence-corrected chi connectivity index (χ1v) is 5.45. The van der Waals surface area contributed by atoms with Crippen molar-refractivity contribution >= 4 is 6.01 Å². The highest BCUT2D eigenvalue weighted by Gasteiger charge is 2.26. The Morgan fingerprint density at radius 3 is 3.18 bits per heavy atom. The molecule has 0 spiro atoms. The fourth-order valence-electron chi connectivity index (χ4n) is 2.10. The van der Waals surface area contributed by atoms with Gasteiger partial charge in [-0.3, -0.25) is 4.68 Å². The number of aromatic nitrogens is 3. The van der Waals surface area contributed by atoms with Gasteiger partial charge in [0.1, 0.15) is 12.3 Å². The lowest BCUT2D eigenvalue weighted by atomic mass is 10.3. The fourth-order valence-corrected chi connectivity index (χ4v) is 2.10. The zero-order chi connectivity index (χ0) is 11.7. The van der Waals surface area contributed by atoms with Gasteiger partial charge in [-0.25, -0.2) is 4.98 Å². The van der Waals surface area contributed by atoms with Crippen LogP contribution < -0.4 is 4.90 Å². The van der Waals surface area contributed by atoms with Crippen LogP contribution >= 0.6 is 0 Å². The molecule has 0 aliphatic carbocycles. The van der Waals surface area contributed by atoms with Gasteiger partial charge >= 0.3 is 0 Å². The number of nitrogens with zero attached hydrogens (tertiary/aromatic N) is 5. The third-order valence-electron chi connectivity index (χ3n) is 2.96. The van der Waals surface area contributed by atoms with Crippen LogP contribution in [0.5, 0.6) is 0 Å². The number of hydrogen-bond donors (Lipinski definition) is 0. The fraction of sp³-hybridized carbons (Fsp3) is 0.364. The third-order valence-corrected chi connectivity index (χ3v) is 2.96. The second-order valence-corrected chi connectivity index (χ2v) is 4.02. The topological polar surface area (TPSA) is 70.9 Å². The lowest BCUT2D eigenvalue weighted by molar-refractivity contribution is 0.488. The summed E-state index contributed by atoms with van der Waals surface area (Å²) in [7, 11) is 0. The molecule has 2 aromatic rings. The van der Waals surface area contributed by atoms with Gasteiger partial charge in [-0.1, -0.05) is 0 Å². The number of nitriles is 1. The third kappa shape index (κ3) is 1.76. The van der Waals surface area contributed by atoms with Gasteiger partial charge < -0.3 is 9.32 Å². The summed E-state index contributed by atoms with van der Waals surface area (Å²) in [6.45, 7) is 1.71. The zero-order valence-electron chi connectivity index (χ0n) is 9.15. The van der Waals surface area contributed by atoms with Gasteiger partial charge in [-0.2, -0.15) is 10.4 Å². The minimum atomic E-state index is 0.281. The van der Waals surface area contributed by atoms with Crippen LogP contribution in [0, 0.1) is 11.3 Å². The predicted molar refractivity (Wildman–Crippen MR) is 59.3 cm³/mol. The van der Waals surface area contributed by atoms with Gasteiger partial charge in [0, 0.05) is 19.3 Å². The van der Waals surface area contributed by atoms with E-state index in [1.54, 1.807) is 24.9 Å². The van der Waals surface area contributed by atoms with Gasteiger partial charge in [0.2, 0.25) is 0 Å². The molecule has 3 rings (SSSR count). The molecule has 1 atom stereocenters. The number of anilines is 1. The molecule has 17 heavy (non-hydrogen) atoms. The van der Waals surface area contributed by atoms with Gasteiger partial charge in [-0.15, -0.1) is 0 Å². The molecule has 0 amide bonds. The van der Waals surface area contributed by atoms with E-state index in [1.165, 1.54) is 0 Å². The van der Waals surface area contributed by atoms with Crippen molar-refractivity contribution in [3.05, 3.63) is 30.4 Å². The van der Waals surface area contributed by atoms with E-state index in [0.29, 0.717) is 11.6 Å². The second kappa shape index (κ2) is 3.94. The highest BCUT2D eigenvalue weighted by atomic mass is 16.4. The summed E-state index contributed by atoms with van der Waals surface area (Å²) in [5.41, 5.74) is 0.597. The Bertz CT molecular complexity index is 538. The average molecular weight is 229 g/mol. The lowest BCUT2D eigenvalue weighted by Gasteiger charge is -2.13. The summed E-state index contributed by atoms with van der Waals surface area (Å²) in [5, 5.41) is 13.0. The Balaban J connectivity index is 1.74. The van der Waals surface area contributed by atoms with Crippen LogP contribution in [0.3, 0.4) is 0 Å². The van der Waals surface area contributed by atoms with E-state index in [2.05, 4.69) is 21.1 Å². The van der Waals surface area contributed by atoms with Crippen molar-refractivity contribution in [2.45, 2.75) is 12.5 Å². The van der Waals surface area contributed by atoms with Crippen LogP contribution in [0.2, 0.25) is 0 Å². The van der Waals surface area contributed by atoms with Crippen LogP contribution in [0.4, 0.5) is 6.01 Å². The van der Waals surface area contributed by atoms with Crippen LogP contribution in [0.1, 0.15) is 18.0 Å². The van der Waals surface area contributed by atoms with E-state index in [4.69, 9.17) is 9.68 Å². The summed E-state index contributed by atoms with van der Waals surface area (Å²) in [4.78, 5) is 6.21. The molecule has 0 saturated carbocycles. The van der Waals surface area contributed by atoms with E-state index in [-0.39, 0.29) is 6.04 Å². The molecule has 0 N–H and O–H groups in total. The van der Waals surface area contributed by atoms with Crippen LogP contribution in [-0.2, 0) is 0 Å². The minimum Gasteiger partial charge on any atom is -0.432 e. The molecule has 0 radical (unpaired) electrons. The molecule has 1 unspecified atom stereocenters. The Labute approximate surface area is 98.1 Å². The SMILES string of the molecule is N#Cc1cnn(C2CCN(c3ncco3)C2)c1. The minimum absolute atomic E-state index is 0.281. The maximum Gasteiger partial charge on any atom is 0.297 e. The van der Waals surface area contributed by atoms with Crippen molar-refractivity contribution in [1.82, 2.24) is 14.8 Å². The number of rotatable bonds is 2. The Kier molecular flexibility index (Phi) is 2.29. The Morgan fingerprint density at radius 2 is 2.47 bits per heavy atom. The number of hydrogen-bond acceptors (Lipinski definition) is 5. The second-order valence-electron chi connectivity index (χ2n) is 4.02. The molecular weight excluding hydrogens is 218 g/mol. The monoisotopic (exact) mass is 229 g/mol. The highest BCUT2D eigenvalue weighted by Crippen LogP contribution is 2.25. The van der Waals surface area contributed by atoms with Crippen LogP contribution in [0.25, 0.3) is 0 Å². The van der Waals surface area contributed by atoms with Crippen molar-refractivity contribution in [2.75, 3.05) is 18.0 Å². The molecular formula is C11H11N5O. The average Bonchev–Trinajstić information content (AvgIpc) is 3.09. The van der Waals surface area contributed by atoms with Crippen molar-refractivity contribution < 1.29 is 4.42 Å². The number of oxazole rings is 1. The van der Waals surface area contributed by atoms with E-state index < -0.39 is 0 Å². The molecule has 1 aliphatic rings. The summed E-state index contributed by atoms with van der Waals surface area (Å²) in [6.07, 6.45) is 7.57. The molecule has 0 bridgehead atoms. The lowest BCUT2D eigenvalue weighted by Crippen LogP contribution is -2.21. The van der Waals surface area contributed by atoms with Gasteiger partial charge in [0.25, 0.3) is 6.01 Å². The van der Waals surface area contributed by atoms with Crippen LogP contribution in [0.15, 0.2) is 29.3 Å². The molecule has 0 aromatic carbocycles. The summed E-state index contributed by atoms with van der Waals surface area (Å²) >= 11 is 0.